The van der Waals surface area contributed by atoms with Crippen molar-refractivity contribution >= 4 is 22.5 Å². The van der Waals surface area contributed by atoms with Gasteiger partial charge in [0.1, 0.15) is 23.9 Å². The van der Waals surface area contributed by atoms with Crippen LogP contribution in [-0.4, -0.2) is 10.5 Å². The minimum atomic E-state index is -0.289. The molecule has 0 saturated heterocycles. The molecule has 134 valence electrons. The quantitative estimate of drug-likeness (QED) is 0.531. The normalized spacial score (nSPS) is 10.7. The van der Waals surface area contributed by atoms with E-state index in [4.69, 9.17) is 4.74 Å². The monoisotopic (exact) mass is 360 g/mol. The number of hydrogen-bond donors (Lipinski definition) is 1. The van der Waals surface area contributed by atoms with Crippen LogP contribution in [0, 0.1) is 5.82 Å². The fourth-order valence-electron chi connectivity index (χ4n) is 2.90. The van der Waals surface area contributed by atoms with Gasteiger partial charge in [0.15, 0.2) is 0 Å². The van der Waals surface area contributed by atoms with E-state index < -0.39 is 0 Å². The van der Waals surface area contributed by atoms with E-state index >= 15 is 0 Å². The van der Waals surface area contributed by atoms with Crippen LogP contribution in [0.2, 0.25) is 0 Å². The summed E-state index contributed by atoms with van der Waals surface area (Å²) >= 11 is 0. The third kappa shape index (κ3) is 3.98. The number of nitrogens with zero attached hydrogens (tertiary/aromatic N) is 1. The topological polar surface area (TPSA) is 43.3 Å². The van der Waals surface area contributed by atoms with Crippen molar-refractivity contribution in [2.45, 2.75) is 6.54 Å². The smallest absolute Gasteiger partial charge is 0.244 e. The third-order valence-corrected chi connectivity index (χ3v) is 4.16. The summed E-state index contributed by atoms with van der Waals surface area (Å²) in [5.41, 5.74) is 1.50. The number of para-hydroxylation sites is 1. The average molecular weight is 360 g/mol. The summed E-state index contributed by atoms with van der Waals surface area (Å²) in [5.74, 6) is 0.999. The molecule has 0 unspecified atom stereocenters. The first kappa shape index (κ1) is 16.8. The Balaban J connectivity index is 1.40. The van der Waals surface area contributed by atoms with Gasteiger partial charge < -0.3 is 14.6 Å². The number of fused-ring (bicyclic) bond motifs is 1. The molecule has 5 heteroatoms. The van der Waals surface area contributed by atoms with Crippen molar-refractivity contribution in [3.63, 3.8) is 0 Å². The lowest BCUT2D eigenvalue weighted by Crippen LogP contribution is -2.18. The molecular formula is C22H17FN2O2. The van der Waals surface area contributed by atoms with Gasteiger partial charge >= 0.3 is 0 Å². The summed E-state index contributed by atoms with van der Waals surface area (Å²) in [6, 6.07) is 23.0. The van der Waals surface area contributed by atoms with Gasteiger partial charge in [0.25, 0.3) is 0 Å². The van der Waals surface area contributed by atoms with Gasteiger partial charge in [-0.15, -0.1) is 0 Å². The second-order valence-corrected chi connectivity index (χ2v) is 6.13. The van der Waals surface area contributed by atoms with Crippen molar-refractivity contribution in [3.8, 4) is 11.5 Å². The van der Waals surface area contributed by atoms with Crippen LogP contribution in [0.4, 0.5) is 10.1 Å². The number of carbonyl (C=O) groups excluding carboxylic acids is 1. The highest BCUT2D eigenvalue weighted by molar-refractivity contribution is 5.92. The van der Waals surface area contributed by atoms with Crippen LogP contribution in [0.15, 0.2) is 85.1 Å². The minimum Gasteiger partial charge on any atom is -0.457 e. The Morgan fingerprint density at radius 3 is 2.44 bits per heavy atom. The standard InChI is InChI=1S/C22H17FN2O2/c23-17-6-11-21-16(14-17)12-13-25(21)15-22(26)24-18-7-9-20(10-8-18)27-19-4-2-1-3-5-19/h1-14H,15H2,(H,24,26). The van der Waals surface area contributed by atoms with Crippen molar-refractivity contribution in [2.24, 2.45) is 0 Å². The van der Waals surface area contributed by atoms with Gasteiger partial charge in [0.2, 0.25) is 5.91 Å². The van der Waals surface area contributed by atoms with Crippen LogP contribution in [0.3, 0.4) is 0 Å². The number of carbonyl (C=O) groups is 1. The molecule has 4 nitrogen and oxygen atoms in total. The Hall–Kier alpha value is -3.60. The maximum atomic E-state index is 13.3. The molecule has 0 spiro atoms. The molecule has 0 aliphatic rings. The van der Waals surface area contributed by atoms with E-state index in [-0.39, 0.29) is 18.3 Å². The highest BCUT2D eigenvalue weighted by Crippen LogP contribution is 2.23. The number of rotatable bonds is 5. The van der Waals surface area contributed by atoms with E-state index in [2.05, 4.69) is 5.32 Å². The minimum absolute atomic E-state index is 0.150. The highest BCUT2D eigenvalue weighted by atomic mass is 19.1. The largest absolute Gasteiger partial charge is 0.457 e. The van der Waals surface area contributed by atoms with E-state index in [1.807, 2.05) is 30.3 Å². The molecule has 1 N–H and O–H groups in total. The Labute approximate surface area is 155 Å². The predicted octanol–water partition coefficient (Wildman–Crippen LogP) is 5.21. The highest BCUT2D eigenvalue weighted by Gasteiger charge is 2.08. The summed E-state index contributed by atoms with van der Waals surface area (Å²) in [4.78, 5) is 12.3. The first-order valence-electron chi connectivity index (χ1n) is 8.55. The molecule has 1 amide bonds. The lowest BCUT2D eigenvalue weighted by Gasteiger charge is -2.09. The summed E-state index contributed by atoms with van der Waals surface area (Å²) in [7, 11) is 0. The van der Waals surface area contributed by atoms with Crippen LogP contribution < -0.4 is 10.1 Å². The number of amides is 1. The van der Waals surface area contributed by atoms with Crippen LogP contribution in [0.5, 0.6) is 11.5 Å². The lowest BCUT2D eigenvalue weighted by atomic mass is 10.2. The maximum absolute atomic E-state index is 13.3. The fourth-order valence-corrected chi connectivity index (χ4v) is 2.90. The molecule has 4 aromatic rings. The lowest BCUT2D eigenvalue weighted by molar-refractivity contribution is -0.116. The number of anilines is 1. The molecule has 1 heterocycles. The molecule has 0 fully saturated rings. The molecule has 0 saturated carbocycles. The summed E-state index contributed by atoms with van der Waals surface area (Å²) in [6.45, 7) is 0.150. The molecule has 27 heavy (non-hydrogen) atoms. The van der Waals surface area contributed by atoms with Gasteiger partial charge in [-0.2, -0.15) is 0 Å². The fraction of sp³-hybridized carbons (Fsp3) is 0.0455. The second-order valence-electron chi connectivity index (χ2n) is 6.13. The number of aromatic nitrogens is 1. The van der Waals surface area contributed by atoms with Crippen LogP contribution in [0.1, 0.15) is 0 Å². The average Bonchev–Trinajstić information content (AvgIpc) is 3.06. The Kier molecular flexibility index (Phi) is 4.58. The molecular weight excluding hydrogens is 343 g/mol. The number of ether oxygens (including phenoxy) is 1. The maximum Gasteiger partial charge on any atom is 0.244 e. The zero-order valence-corrected chi connectivity index (χ0v) is 14.4. The second kappa shape index (κ2) is 7.33. The van der Waals surface area contributed by atoms with E-state index in [9.17, 15) is 9.18 Å². The third-order valence-electron chi connectivity index (χ3n) is 4.16. The van der Waals surface area contributed by atoms with Gasteiger partial charge in [0, 0.05) is 22.8 Å². The van der Waals surface area contributed by atoms with Crippen molar-refractivity contribution < 1.29 is 13.9 Å². The van der Waals surface area contributed by atoms with Crippen molar-refractivity contribution in [3.05, 3.63) is 90.9 Å². The van der Waals surface area contributed by atoms with Crippen LogP contribution in [-0.2, 0) is 11.3 Å². The van der Waals surface area contributed by atoms with Crippen molar-refractivity contribution in [1.29, 1.82) is 0 Å². The number of benzene rings is 3. The SMILES string of the molecule is O=C(Cn1ccc2cc(F)ccc21)Nc1ccc(Oc2ccccc2)cc1. The molecule has 0 aliphatic carbocycles. The van der Waals surface area contributed by atoms with Gasteiger partial charge in [0.05, 0.1) is 0 Å². The van der Waals surface area contributed by atoms with E-state index in [1.54, 1.807) is 47.2 Å². The van der Waals surface area contributed by atoms with E-state index in [0.717, 1.165) is 16.7 Å². The molecule has 0 radical (unpaired) electrons. The van der Waals surface area contributed by atoms with Crippen molar-refractivity contribution in [1.82, 2.24) is 4.57 Å². The van der Waals surface area contributed by atoms with Crippen LogP contribution in [0.25, 0.3) is 10.9 Å². The first-order valence-corrected chi connectivity index (χ1v) is 8.55. The molecule has 0 bridgehead atoms. The zero-order valence-electron chi connectivity index (χ0n) is 14.4. The van der Waals surface area contributed by atoms with Crippen LogP contribution >= 0.6 is 0 Å². The Morgan fingerprint density at radius 1 is 0.926 bits per heavy atom. The molecule has 1 aromatic heterocycles. The number of halogens is 1. The van der Waals surface area contributed by atoms with E-state index in [1.165, 1.54) is 12.1 Å². The van der Waals surface area contributed by atoms with Gasteiger partial charge in [-0.05, 0) is 60.7 Å². The number of hydrogen-bond acceptors (Lipinski definition) is 2. The number of nitrogens with one attached hydrogen (secondary N) is 1. The van der Waals surface area contributed by atoms with E-state index in [0.29, 0.717) is 11.4 Å². The molecule has 0 atom stereocenters. The van der Waals surface area contributed by atoms with Gasteiger partial charge in [-0.3, -0.25) is 4.79 Å². The summed E-state index contributed by atoms with van der Waals surface area (Å²) < 4.78 is 20.8. The Morgan fingerprint density at radius 2 is 1.67 bits per heavy atom. The molecule has 0 aliphatic heterocycles. The Bertz CT molecular complexity index is 1070. The first-order chi connectivity index (χ1) is 13.2. The molecule has 3 aromatic carbocycles. The van der Waals surface area contributed by atoms with Gasteiger partial charge in [-0.1, -0.05) is 18.2 Å². The predicted molar refractivity (Wildman–Crippen MR) is 103 cm³/mol. The summed E-state index contributed by atoms with van der Waals surface area (Å²) in [6.07, 6.45) is 1.78. The van der Waals surface area contributed by atoms with Crippen molar-refractivity contribution in [2.75, 3.05) is 5.32 Å². The van der Waals surface area contributed by atoms with Gasteiger partial charge in [-0.25, -0.2) is 4.39 Å². The summed E-state index contributed by atoms with van der Waals surface area (Å²) in [5, 5.41) is 3.63. The zero-order chi connectivity index (χ0) is 18.6. The molecule has 4 rings (SSSR count).